The predicted molar refractivity (Wildman–Crippen MR) is 92.8 cm³/mol. The van der Waals surface area contributed by atoms with Gasteiger partial charge in [0.15, 0.2) is 11.5 Å². The van der Waals surface area contributed by atoms with Crippen molar-refractivity contribution in [2.75, 3.05) is 19.9 Å². The van der Waals surface area contributed by atoms with Crippen molar-refractivity contribution >= 4 is 11.8 Å². The lowest BCUT2D eigenvalue weighted by Gasteiger charge is -2.04. The molecule has 1 aromatic heterocycles. The highest BCUT2D eigenvalue weighted by atomic mass is 16.7. The Kier molecular flexibility index (Phi) is 5.40. The van der Waals surface area contributed by atoms with Crippen molar-refractivity contribution in [1.82, 2.24) is 15.6 Å². The van der Waals surface area contributed by atoms with Crippen molar-refractivity contribution in [3.05, 3.63) is 29.7 Å². The molecule has 138 valence electrons. The van der Waals surface area contributed by atoms with Crippen LogP contribution in [0.2, 0.25) is 0 Å². The minimum absolute atomic E-state index is 0.0782. The topological polar surface area (TPSA) is 103 Å². The molecule has 8 heteroatoms. The summed E-state index contributed by atoms with van der Waals surface area (Å²) in [6.45, 7) is 4.47. The molecule has 0 spiro atoms. The van der Waals surface area contributed by atoms with Gasteiger partial charge in [0.1, 0.15) is 5.76 Å². The zero-order chi connectivity index (χ0) is 18.5. The molecule has 2 heterocycles. The van der Waals surface area contributed by atoms with Crippen molar-refractivity contribution < 1.29 is 23.5 Å². The zero-order valence-corrected chi connectivity index (χ0v) is 14.8. The van der Waals surface area contributed by atoms with Gasteiger partial charge in [-0.15, -0.1) is 0 Å². The maximum atomic E-state index is 12.0. The number of ether oxygens (including phenoxy) is 2. The number of amides is 2. The highest BCUT2D eigenvalue weighted by Gasteiger charge is 2.18. The molecule has 26 heavy (non-hydrogen) atoms. The molecule has 2 N–H and O–H groups in total. The first-order chi connectivity index (χ1) is 12.5. The number of nitrogens with one attached hydrogen (secondary N) is 2. The molecule has 0 aliphatic carbocycles. The van der Waals surface area contributed by atoms with Crippen molar-refractivity contribution in [3.8, 4) is 23.0 Å². The van der Waals surface area contributed by atoms with Gasteiger partial charge in [-0.05, 0) is 31.5 Å². The van der Waals surface area contributed by atoms with Crippen LogP contribution in [0.25, 0.3) is 11.5 Å². The molecule has 8 nitrogen and oxygen atoms in total. The van der Waals surface area contributed by atoms with Gasteiger partial charge in [0, 0.05) is 25.6 Å². The lowest BCUT2D eigenvalue weighted by atomic mass is 10.2. The maximum Gasteiger partial charge on any atom is 0.231 e. The summed E-state index contributed by atoms with van der Waals surface area (Å²) in [5, 5.41) is 5.49. The Labute approximate surface area is 150 Å². The van der Waals surface area contributed by atoms with Crippen LogP contribution in [0.15, 0.2) is 22.6 Å². The minimum atomic E-state index is -0.138. The SMILES string of the molecule is CC(=O)NCCCNC(=O)Cc1nc(-c2ccc3c(c2)OCO3)oc1C. The van der Waals surface area contributed by atoms with Crippen LogP contribution in [-0.2, 0) is 16.0 Å². The smallest absolute Gasteiger partial charge is 0.231 e. The number of nitrogens with zero attached hydrogens (tertiary/aromatic N) is 1. The summed E-state index contributed by atoms with van der Waals surface area (Å²) in [7, 11) is 0. The van der Waals surface area contributed by atoms with Gasteiger partial charge in [-0.25, -0.2) is 4.98 Å². The van der Waals surface area contributed by atoms with Crippen LogP contribution < -0.4 is 20.1 Å². The van der Waals surface area contributed by atoms with E-state index in [-0.39, 0.29) is 25.0 Å². The molecule has 1 aromatic carbocycles. The lowest BCUT2D eigenvalue weighted by Crippen LogP contribution is -2.29. The molecular formula is C18H21N3O5. The van der Waals surface area contributed by atoms with Gasteiger partial charge < -0.3 is 24.5 Å². The summed E-state index contributed by atoms with van der Waals surface area (Å²) in [6, 6.07) is 5.45. The summed E-state index contributed by atoms with van der Waals surface area (Å²) in [6.07, 6.45) is 0.811. The van der Waals surface area contributed by atoms with Crippen LogP contribution in [0.1, 0.15) is 24.8 Å². The van der Waals surface area contributed by atoms with Crippen molar-refractivity contribution in [1.29, 1.82) is 0 Å². The number of hydrogen-bond acceptors (Lipinski definition) is 6. The summed E-state index contributed by atoms with van der Waals surface area (Å²) < 4.78 is 16.3. The Morgan fingerprint density at radius 3 is 2.73 bits per heavy atom. The van der Waals surface area contributed by atoms with Gasteiger partial charge in [0.05, 0.1) is 12.1 Å². The van der Waals surface area contributed by atoms with E-state index in [0.717, 1.165) is 5.56 Å². The minimum Gasteiger partial charge on any atom is -0.454 e. The van der Waals surface area contributed by atoms with Gasteiger partial charge in [-0.2, -0.15) is 0 Å². The number of carbonyl (C=O) groups excluding carboxylic acids is 2. The Morgan fingerprint density at radius 2 is 1.92 bits per heavy atom. The fraction of sp³-hybridized carbons (Fsp3) is 0.389. The number of benzene rings is 1. The highest BCUT2D eigenvalue weighted by Crippen LogP contribution is 2.36. The quantitative estimate of drug-likeness (QED) is 0.728. The number of aryl methyl sites for hydroxylation is 1. The van der Waals surface area contributed by atoms with E-state index in [1.54, 1.807) is 19.1 Å². The van der Waals surface area contributed by atoms with Crippen LogP contribution in [0, 0.1) is 6.92 Å². The van der Waals surface area contributed by atoms with E-state index in [4.69, 9.17) is 13.9 Å². The molecule has 0 fully saturated rings. The average molecular weight is 359 g/mol. The second-order valence-corrected chi connectivity index (χ2v) is 5.95. The van der Waals surface area contributed by atoms with Gasteiger partial charge >= 0.3 is 0 Å². The second-order valence-electron chi connectivity index (χ2n) is 5.95. The van der Waals surface area contributed by atoms with E-state index in [9.17, 15) is 9.59 Å². The highest BCUT2D eigenvalue weighted by molar-refractivity contribution is 5.78. The molecule has 0 radical (unpaired) electrons. The van der Waals surface area contributed by atoms with E-state index in [2.05, 4.69) is 15.6 Å². The van der Waals surface area contributed by atoms with Gasteiger partial charge in [-0.3, -0.25) is 9.59 Å². The van der Waals surface area contributed by atoms with E-state index < -0.39 is 0 Å². The molecule has 0 saturated heterocycles. The Balaban J connectivity index is 1.56. The number of carbonyl (C=O) groups is 2. The molecule has 2 amide bonds. The fourth-order valence-corrected chi connectivity index (χ4v) is 2.54. The largest absolute Gasteiger partial charge is 0.454 e. The number of fused-ring (bicyclic) bond motifs is 1. The summed E-state index contributed by atoms with van der Waals surface area (Å²) >= 11 is 0. The molecule has 1 aliphatic heterocycles. The molecule has 3 rings (SSSR count). The van der Waals surface area contributed by atoms with Gasteiger partial charge in [0.25, 0.3) is 0 Å². The maximum absolute atomic E-state index is 12.0. The van der Waals surface area contributed by atoms with E-state index in [1.807, 2.05) is 6.07 Å². The number of hydrogen-bond donors (Lipinski definition) is 2. The van der Waals surface area contributed by atoms with E-state index in [0.29, 0.717) is 48.4 Å². The summed E-state index contributed by atoms with van der Waals surface area (Å²) in [5.41, 5.74) is 1.36. The van der Waals surface area contributed by atoms with Crippen molar-refractivity contribution in [2.45, 2.75) is 26.7 Å². The Hall–Kier alpha value is -3.03. The van der Waals surface area contributed by atoms with Gasteiger partial charge in [0.2, 0.25) is 24.5 Å². The van der Waals surface area contributed by atoms with Crippen LogP contribution in [0.4, 0.5) is 0 Å². The monoisotopic (exact) mass is 359 g/mol. The number of oxazole rings is 1. The molecule has 1 aliphatic rings. The molecule has 0 unspecified atom stereocenters. The second kappa shape index (κ2) is 7.90. The zero-order valence-electron chi connectivity index (χ0n) is 14.8. The molecule has 2 aromatic rings. The predicted octanol–water partition coefficient (Wildman–Crippen LogP) is 1.56. The standard InChI is InChI=1S/C18H21N3O5/c1-11-14(9-17(23)20-7-3-6-19-12(2)22)21-18(26-11)13-4-5-15-16(8-13)25-10-24-15/h4-5,8H,3,6-7,9-10H2,1-2H3,(H,19,22)(H,20,23). The molecule has 0 saturated carbocycles. The number of rotatable bonds is 7. The third-order valence-electron chi connectivity index (χ3n) is 3.89. The van der Waals surface area contributed by atoms with Gasteiger partial charge in [-0.1, -0.05) is 0 Å². The Bertz CT molecular complexity index is 815. The lowest BCUT2D eigenvalue weighted by molar-refractivity contribution is -0.120. The van der Waals surface area contributed by atoms with Crippen LogP contribution >= 0.6 is 0 Å². The van der Waals surface area contributed by atoms with Crippen molar-refractivity contribution in [2.24, 2.45) is 0 Å². The van der Waals surface area contributed by atoms with Crippen molar-refractivity contribution in [3.63, 3.8) is 0 Å². The van der Waals surface area contributed by atoms with Crippen LogP contribution in [-0.4, -0.2) is 36.7 Å². The molecular weight excluding hydrogens is 338 g/mol. The third kappa shape index (κ3) is 4.33. The normalized spacial score (nSPS) is 12.1. The molecule has 0 atom stereocenters. The van der Waals surface area contributed by atoms with E-state index >= 15 is 0 Å². The third-order valence-corrected chi connectivity index (χ3v) is 3.89. The fourth-order valence-electron chi connectivity index (χ4n) is 2.54. The first-order valence-corrected chi connectivity index (χ1v) is 8.40. The summed E-state index contributed by atoms with van der Waals surface area (Å²) in [5.74, 6) is 2.17. The van der Waals surface area contributed by atoms with E-state index in [1.165, 1.54) is 6.92 Å². The first kappa shape index (κ1) is 17.8. The van der Waals surface area contributed by atoms with Crippen LogP contribution in [0.5, 0.6) is 11.5 Å². The Morgan fingerprint density at radius 1 is 1.15 bits per heavy atom. The average Bonchev–Trinajstić information content (AvgIpc) is 3.20. The van der Waals surface area contributed by atoms with Crippen LogP contribution in [0.3, 0.4) is 0 Å². The first-order valence-electron chi connectivity index (χ1n) is 8.40. The number of aromatic nitrogens is 1. The molecule has 0 bridgehead atoms. The summed E-state index contributed by atoms with van der Waals surface area (Å²) in [4.78, 5) is 27.2.